The van der Waals surface area contributed by atoms with Crippen LogP contribution in [0.15, 0.2) is 53.4 Å². The molecule has 2 N–H and O–H groups in total. The van der Waals surface area contributed by atoms with E-state index < -0.39 is 28.0 Å². The molecular formula is C15H14FNO3S. The van der Waals surface area contributed by atoms with Gasteiger partial charge in [-0.15, -0.1) is 0 Å². The van der Waals surface area contributed by atoms with Crippen LogP contribution in [0.1, 0.15) is 17.2 Å². The monoisotopic (exact) mass is 307 g/mol. The van der Waals surface area contributed by atoms with Gasteiger partial charge in [0.15, 0.2) is 0 Å². The number of rotatable bonds is 3. The Balaban J connectivity index is 1.91. The van der Waals surface area contributed by atoms with E-state index in [2.05, 4.69) is 4.72 Å². The van der Waals surface area contributed by atoms with Crippen molar-refractivity contribution < 1.29 is 17.9 Å². The zero-order valence-electron chi connectivity index (χ0n) is 11.0. The van der Waals surface area contributed by atoms with Crippen LogP contribution >= 0.6 is 0 Å². The fourth-order valence-corrected chi connectivity index (χ4v) is 3.81. The summed E-state index contributed by atoms with van der Waals surface area (Å²) in [4.78, 5) is -0.0273. The van der Waals surface area contributed by atoms with Crippen molar-refractivity contribution in [2.75, 3.05) is 0 Å². The van der Waals surface area contributed by atoms with Crippen molar-refractivity contribution in [3.63, 3.8) is 0 Å². The third-order valence-corrected chi connectivity index (χ3v) is 5.07. The van der Waals surface area contributed by atoms with E-state index in [1.54, 1.807) is 12.1 Å². The molecule has 0 saturated carbocycles. The van der Waals surface area contributed by atoms with Crippen LogP contribution in [0, 0.1) is 5.82 Å². The van der Waals surface area contributed by atoms with Crippen molar-refractivity contribution in [3.8, 4) is 0 Å². The SMILES string of the molecule is O=S(=O)(N[C@@H]1c2ccccc2C[C@@H]1O)c1ccc(F)cc1. The molecule has 0 amide bonds. The lowest BCUT2D eigenvalue weighted by Gasteiger charge is -2.18. The van der Waals surface area contributed by atoms with Gasteiger partial charge in [0, 0.05) is 6.42 Å². The first kappa shape index (κ1) is 14.2. The standard InChI is InChI=1S/C15H14FNO3S/c16-11-5-7-12(8-6-11)21(19,20)17-15-13-4-2-1-3-10(13)9-14(15)18/h1-8,14-15,17-18H,9H2/t14-,15+/m0/s1. The number of sulfonamides is 1. The maximum atomic E-state index is 12.9. The van der Waals surface area contributed by atoms with E-state index in [4.69, 9.17) is 0 Å². The van der Waals surface area contributed by atoms with Crippen molar-refractivity contribution in [1.29, 1.82) is 0 Å². The molecule has 4 nitrogen and oxygen atoms in total. The molecule has 21 heavy (non-hydrogen) atoms. The molecule has 0 aromatic heterocycles. The van der Waals surface area contributed by atoms with E-state index in [0.717, 1.165) is 23.3 Å². The number of aliphatic hydroxyl groups is 1. The summed E-state index contributed by atoms with van der Waals surface area (Å²) >= 11 is 0. The third-order valence-electron chi connectivity index (χ3n) is 3.61. The highest BCUT2D eigenvalue weighted by atomic mass is 32.2. The highest BCUT2D eigenvalue weighted by Gasteiger charge is 2.34. The lowest BCUT2D eigenvalue weighted by atomic mass is 10.1. The molecule has 0 unspecified atom stereocenters. The van der Waals surface area contributed by atoms with E-state index >= 15 is 0 Å². The number of nitrogens with one attached hydrogen (secondary N) is 1. The summed E-state index contributed by atoms with van der Waals surface area (Å²) in [6, 6.07) is 11.2. The van der Waals surface area contributed by atoms with Gasteiger partial charge in [-0.25, -0.2) is 17.5 Å². The molecule has 1 aliphatic carbocycles. The lowest BCUT2D eigenvalue weighted by Crippen LogP contribution is -2.33. The summed E-state index contributed by atoms with van der Waals surface area (Å²) in [6.07, 6.45) is -0.398. The fourth-order valence-electron chi connectivity index (χ4n) is 2.56. The molecule has 0 saturated heterocycles. The topological polar surface area (TPSA) is 66.4 Å². The average Bonchev–Trinajstić information content (AvgIpc) is 2.75. The third kappa shape index (κ3) is 2.70. The Morgan fingerprint density at radius 1 is 1.10 bits per heavy atom. The van der Waals surface area contributed by atoms with Crippen molar-refractivity contribution in [2.24, 2.45) is 0 Å². The Hall–Kier alpha value is -1.76. The van der Waals surface area contributed by atoms with E-state index in [1.807, 2.05) is 12.1 Å². The molecule has 2 aromatic carbocycles. The minimum absolute atomic E-state index is 0.0273. The van der Waals surface area contributed by atoms with E-state index in [9.17, 15) is 17.9 Å². The van der Waals surface area contributed by atoms with Crippen molar-refractivity contribution in [3.05, 3.63) is 65.5 Å². The number of aliphatic hydroxyl groups excluding tert-OH is 1. The average molecular weight is 307 g/mol. The fraction of sp³-hybridized carbons (Fsp3) is 0.200. The number of fused-ring (bicyclic) bond motifs is 1. The normalized spacial score (nSPS) is 21.2. The molecule has 1 aliphatic rings. The Morgan fingerprint density at radius 2 is 1.76 bits per heavy atom. The molecule has 0 bridgehead atoms. The number of hydrogen-bond acceptors (Lipinski definition) is 3. The van der Waals surface area contributed by atoms with Crippen LogP contribution < -0.4 is 4.72 Å². The second-order valence-corrected chi connectivity index (χ2v) is 6.74. The van der Waals surface area contributed by atoms with Crippen LogP contribution in [0.3, 0.4) is 0 Å². The first-order chi connectivity index (χ1) is 9.97. The molecule has 0 radical (unpaired) electrons. The zero-order chi connectivity index (χ0) is 15.0. The quantitative estimate of drug-likeness (QED) is 0.908. The van der Waals surface area contributed by atoms with Crippen LogP contribution in [0.4, 0.5) is 4.39 Å². The van der Waals surface area contributed by atoms with Gasteiger partial charge in [0.25, 0.3) is 0 Å². The summed E-state index contributed by atoms with van der Waals surface area (Å²) in [5.74, 6) is -0.500. The summed E-state index contributed by atoms with van der Waals surface area (Å²) in [7, 11) is -3.81. The molecule has 0 heterocycles. The second kappa shape index (κ2) is 5.22. The van der Waals surface area contributed by atoms with Gasteiger partial charge < -0.3 is 5.11 Å². The van der Waals surface area contributed by atoms with E-state index in [-0.39, 0.29) is 4.90 Å². The first-order valence-electron chi connectivity index (χ1n) is 6.51. The number of hydrogen-bond donors (Lipinski definition) is 2. The predicted octanol–water partition coefficient (Wildman–Crippen LogP) is 1.76. The predicted molar refractivity (Wildman–Crippen MR) is 75.6 cm³/mol. The molecule has 2 atom stereocenters. The van der Waals surface area contributed by atoms with Crippen molar-refractivity contribution in [2.45, 2.75) is 23.5 Å². The van der Waals surface area contributed by atoms with Gasteiger partial charge in [0.05, 0.1) is 17.0 Å². The molecule has 6 heteroatoms. The Morgan fingerprint density at radius 3 is 2.48 bits per heavy atom. The van der Waals surface area contributed by atoms with Crippen LogP contribution in [-0.2, 0) is 16.4 Å². The summed E-state index contributed by atoms with van der Waals surface area (Å²) in [5, 5.41) is 10.1. The van der Waals surface area contributed by atoms with Gasteiger partial charge in [0.2, 0.25) is 10.0 Å². The molecule has 0 fully saturated rings. The van der Waals surface area contributed by atoms with Crippen LogP contribution in [0.2, 0.25) is 0 Å². The van der Waals surface area contributed by atoms with Crippen LogP contribution in [-0.4, -0.2) is 19.6 Å². The number of benzene rings is 2. The lowest BCUT2D eigenvalue weighted by molar-refractivity contribution is 0.151. The van der Waals surface area contributed by atoms with Gasteiger partial charge in [-0.1, -0.05) is 24.3 Å². The number of halogens is 1. The Kier molecular flexibility index (Phi) is 3.52. The Bertz CT molecular complexity index is 759. The van der Waals surface area contributed by atoms with E-state index in [0.29, 0.717) is 6.42 Å². The highest BCUT2D eigenvalue weighted by Crippen LogP contribution is 2.32. The van der Waals surface area contributed by atoms with Gasteiger partial charge in [-0.2, -0.15) is 0 Å². The van der Waals surface area contributed by atoms with Crippen LogP contribution in [0.25, 0.3) is 0 Å². The molecular weight excluding hydrogens is 293 g/mol. The van der Waals surface area contributed by atoms with E-state index in [1.165, 1.54) is 12.1 Å². The van der Waals surface area contributed by atoms with Crippen molar-refractivity contribution in [1.82, 2.24) is 4.72 Å². The largest absolute Gasteiger partial charge is 0.391 e. The van der Waals surface area contributed by atoms with Crippen LogP contribution in [0.5, 0.6) is 0 Å². The smallest absolute Gasteiger partial charge is 0.241 e. The molecule has 110 valence electrons. The minimum atomic E-state index is -3.81. The highest BCUT2D eigenvalue weighted by molar-refractivity contribution is 7.89. The maximum absolute atomic E-state index is 12.9. The molecule has 0 aliphatic heterocycles. The van der Waals surface area contributed by atoms with Gasteiger partial charge in [-0.3, -0.25) is 0 Å². The zero-order valence-corrected chi connectivity index (χ0v) is 11.8. The second-order valence-electron chi connectivity index (χ2n) is 5.02. The Labute approximate surface area is 122 Å². The van der Waals surface area contributed by atoms with Crippen molar-refractivity contribution >= 4 is 10.0 Å². The summed E-state index contributed by atoms with van der Waals surface area (Å²) in [5.41, 5.74) is 1.70. The van der Waals surface area contributed by atoms with Gasteiger partial charge in [0.1, 0.15) is 5.82 Å². The summed E-state index contributed by atoms with van der Waals surface area (Å²) in [6.45, 7) is 0. The first-order valence-corrected chi connectivity index (χ1v) is 7.99. The molecule has 2 aromatic rings. The van der Waals surface area contributed by atoms with Gasteiger partial charge >= 0.3 is 0 Å². The molecule has 0 spiro atoms. The minimum Gasteiger partial charge on any atom is -0.391 e. The maximum Gasteiger partial charge on any atom is 0.241 e. The summed E-state index contributed by atoms with van der Waals surface area (Å²) < 4.78 is 40.0. The van der Waals surface area contributed by atoms with Gasteiger partial charge in [-0.05, 0) is 35.4 Å². The molecule has 3 rings (SSSR count).